The standard InChI is InChI=1S/C25H23N3O7/c1-3-33-21-11-9-18(10-12-21)25(30)35-22-13-8-17(14-23(22)34-4-2)16-26-27-24(29)19-6-5-7-20(15-19)28(31)32/h5-16H,3-4H2,1-2H3,(H,27,29)/b26-16-. The first kappa shape index (κ1) is 24.9. The van der Waals surface area contributed by atoms with Gasteiger partial charge in [-0.25, -0.2) is 10.2 Å². The molecule has 3 aromatic rings. The van der Waals surface area contributed by atoms with E-state index in [0.29, 0.717) is 35.8 Å². The van der Waals surface area contributed by atoms with Gasteiger partial charge in [-0.05, 0) is 67.9 Å². The zero-order chi connectivity index (χ0) is 25.2. The van der Waals surface area contributed by atoms with Crippen molar-refractivity contribution in [3.63, 3.8) is 0 Å². The first-order chi connectivity index (χ1) is 16.9. The number of benzene rings is 3. The summed E-state index contributed by atoms with van der Waals surface area (Å²) in [5.74, 6) is 0.0417. The highest BCUT2D eigenvalue weighted by Gasteiger charge is 2.14. The summed E-state index contributed by atoms with van der Waals surface area (Å²) >= 11 is 0. The molecule has 3 aromatic carbocycles. The van der Waals surface area contributed by atoms with Gasteiger partial charge in [-0.3, -0.25) is 14.9 Å². The predicted octanol–water partition coefficient (Wildman–Crippen LogP) is 4.38. The summed E-state index contributed by atoms with van der Waals surface area (Å²) in [6.45, 7) is 4.52. The number of non-ortho nitro benzene ring substituents is 1. The van der Waals surface area contributed by atoms with Crippen LogP contribution in [0.1, 0.15) is 40.1 Å². The van der Waals surface area contributed by atoms with Crippen LogP contribution < -0.4 is 19.6 Å². The summed E-state index contributed by atoms with van der Waals surface area (Å²) in [6.07, 6.45) is 1.37. The lowest BCUT2D eigenvalue weighted by molar-refractivity contribution is -0.384. The van der Waals surface area contributed by atoms with Gasteiger partial charge in [-0.2, -0.15) is 5.10 Å². The molecule has 35 heavy (non-hydrogen) atoms. The second-order valence-corrected chi connectivity index (χ2v) is 6.99. The average molecular weight is 477 g/mol. The molecule has 10 heteroatoms. The van der Waals surface area contributed by atoms with Crippen molar-refractivity contribution in [2.45, 2.75) is 13.8 Å². The predicted molar refractivity (Wildman–Crippen MR) is 128 cm³/mol. The fraction of sp³-hybridized carbons (Fsp3) is 0.160. The third kappa shape index (κ3) is 6.87. The van der Waals surface area contributed by atoms with Crippen molar-refractivity contribution in [2.75, 3.05) is 13.2 Å². The molecule has 0 aliphatic carbocycles. The van der Waals surface area contributed by atoms with Gasteiger partial charge in [0, 0.05) is 17.7 Å². The van der Waals surface area contributed by atoms with Gasteiger partial charge in [-0.1, -0.05) is 6.07 Å². The molecule has 0 aliphatic heterocycles. The zero-order valence-corrected chi connectivity index (χ0v) is 19.1. The van der Waals surface area contributed by atoms with Crippen molar-refractivity contribution >= 4 is 23.8 Å². The molecule has 0 aromatic heterocycles. The van der Waals surface area contributed by atoms with E-state index in [1.165, 1.54) is 24.4 Å². The molecule has 0 fully saturated rings. The number of nitrogens with zero attached hydrogens (tertiary/aromatic N) is 2. The van der Waals surface area contributed by atoms with Crippen LogP contribution in [0.25, 0.3) is 0 Å². The topological polar surface area (TPSA) is 129 Å². The minimum Gasteiger partial charge on any atom is -0.494 e. The molecule has 0 atom stereocenters. The molecule has 0 spiro atoms. The number of nitrogens with one attached hydrogen (secondary N) is 1. The normalized spacial score (nSPS) is 10.6. The van der Waals surface area contributed by atoms with Crippen molar-refractivity contribution in [2.24, 2.45) is 5.10 Å². The van der Waals surface area contributed by atoms with Crippen LogP contribution in [-0.4, -0.2) is 36.2 Å². The third-order valence-electron chi connectivity index (χ3n) is 4.57. The Balaban J connectivity index is 1.68. The molecule has 0 bridgehead atoms. The number of hydrazone groups is 1. The molecule has 180 valence electrons. The van der Waals surface area contributed by atoms with Gasteiger partial charge in [-0.15, -0.1) is 0 Å². The lowest BCUT2D eigenvalue weighted by Crippen LogP contribution is -2.17. The van der Waals surface area contributed by atoms with E-state index in [0.717, 1.165) is 6.07 Å². The Kier molecular flexibility index (Phi) is 8.49. The van der Waals surface area contributed by atoms with E-state index in [4.69, 9.17) is 14.2 Å². The van der Waals surface area contributed by atoms with Gasteiger partial charge < -0.3 is 14.2 Å². The monoisotopic (exact) mass is 477 g/mol. The highest BCUT2D eigenvalue weighted by Crippen LogP contribution is 2.29. The van der Waals surface area contributed by atoms with E-state index >= 15 is 0 Å². The third-order valence-corrected chi connectivity index (χ3v) is 4.57. The molecule has 3 rings (SSSR count). The molecule has 0 radical (unpaired) electrons. The summed E-state index contributed by atoms with van der Waals surface area (Å²) < 4.78 is 16.5. The number of nitro benzene ring substituents is 1. The molecule has 0 unspecified atom stereocenters. The van der Waals surface area contributed by atoms with Crippen molar-refractivity contribution < 1.29 is 28.7 Å². The van der Waals surface area contributed by atoms with E-state index in [1.807, 2.05) is 6.92 Å². The maximum Gasteiger partial charge on any atom is 0.343 e. The van der Waals surface area contributed by atoms with Crippen molar-refractivity contribution in [1.82, 2.24) is 5.43 Å². The maximum atomic E-state index is 12.5. The van der Waals surface area contributed by atoms with Crippen LogP contribution >= 0.6 is 0 Å². The zero-order valence-electron chi connectivity index (χ0n) is 19.1. The number of esters is 1. The van der Waals surface area contributed by atoms with Crippen LogP contribution in [0.2, 0.25) is 0 Å². The Morgan fingerprint density at radius 3 is 2.37 bits per heavy atom. The average Bonchev–Trinajstić information content (AvgIpc) is 2.86. The van der Waals surface area contributed by atoms with E-state index in [-0.39, 0.29) is 17.0 Å². The fourth-order valence-corrected chi connectivity index (χ4v) is 2.96. The fourth-order valence-electron chi connectivity index (χ4n) is 2.96. The Hall–Kier alpha value is -4.73. The maximum absolute atomic E-state index is 12.5. The van der Waals surface area contributed by atoms with Gasteiger partial charge in [0.15, 0.2) is 11.5 Å². The lowest BCUT2D eigenvalue weighted by atomic mass is 10.2. The SMILES string of the molecule is CCOc1ccc(C(=O)Oc2ccc(/C=N\NC(=O)c3cccc([N+](=O)[O-])c3)cc2OCC)cc1. The van der Waals surface area contributed by atoms with E-state index in [1.54, 1.807) is 49.4 Å². The van der Waals surface area contributed by atoms with E-state index in [2.05, 4.69) is 10.5 Å². The van der Waals surface area contributed by atoms with Crippen LogP contribution in [-0.2, 0) is 0 Å². The van der Waals surface area contributed by atoms with E-state index in [9.17, 15) is 19.7 Å². The second-order valence-electron chi connectivity index (χ2n) is 6.99. The molecular formula is C25H23N3O7. The molecule has 1 amide bonds. The molecule has 10 nitrogen and oxygen atoms in total. The van der Waals surface area contributed by atoms with Crippen LogP contribution in [0.3, 0.4) is 0 Å². The molecule has 0 aliphatic rings. The summed E-state index contributed by atoms with van der Waals surface area (Å²) in [5, 5.41) is 14.8. The number of carbonyl (C=O) groups is 2. The first-order valence-corrected chi connectivity index (χ1v) is 10.7. The summed E-state index contributed by atoms with van der Waals surface area (Å²) in [6, 6.07) is 16.7. The quantitative estimate of drug-likeness (QED) is 0.151. The molecule has 0 saturated heterocycles. The molecule has 0 saturated carbocycles. The van der Waals surface area contributed by atoms with Crippen LogP contribution in [0, 0.1) is 10.1 Å². The Morgan fingerprint density at radius 2 is 1.69 bits per heavy atom. The van der Waals surface area contributed by atoms with Crippen LogP contribution in [0.15, 0.2) is 71.8 Å². The minimum absolute atomic E-state index is 0.0999. The number of rotatable bonds is 10. The number of amides is 1. The Morgan fingerprint density at radius 1 is 0.943 bits per heavy atom. The van der Waals surface area contributed by atoms with Crippen molar-refractivity contribution in [1.29, 1.82) is 0 Å². The van der Waals surface area contributed by atoms with Crippen LogP contribution in [0.4, 0.5) is 5.69 Å². The highest BCUT2D eigenvalue weighted by molar-refractivity contribution is 5.95. The van der Waals surface area contributed by atoms with Gasteiger partial charge in [0.05, 0.1) is 29.9 Å². The smallest absolute Gasteiger partial charge is 0.343 e. The number of ether oxygens (including phenoxy) is 3. The van der Waals surface area contributed by atoms with Gasteiger partial charge >= 0.3 is 5.97 Å². The Bertz CT molecular complexity index is 1240. The first-order valence-electron chi connectivity index (χ1n) is 10.7. The summed E-state index contributed by atoms with van der Waals surface area (Å²) in [7, 11) is 0. The van der Waals surface area contributed by atoms with Crippen molar-refractivity contribution in [3.8, 4) is 17.2 Å². The number of nitro groups is 1. The summed E-state index contributed by atoms with van der Waals surface area (Å²) in [4.78, 5) is 35.0. The number of hydrogen-bond donors (Lipinski definition) is 1. The van der Waals surface area contributed by atoms with E-state index < -0.39 is 16.8 Å². The van der Waals surface area contributed by atoms with Gasteiger partial charge in [0.25, 0.3) is 11.6 Å². The second kappa shape index (κ2) is 11.9. The van der Waals surface area contributed by atoms with Crippen LogP contribution in [0.5, 0.6) is 17.2 Å². The molecule has 0 heterocycles. The minimum atomic E-state index is -0.601. The summed E-state index contributed by atoms with van der Waals surface area (Å²) in [5.41, 5.74) is 3.14. The largest absolute Gasteiger partial charge is 0.494 e. The molecular weight excluding hydrogens is 454 g/mol. The van der Waals surface area contributed by atoms with Gasteiger partial charge in [0.2, 0.25) is 0 Å². The Labute approximate surface area is 201 Å². The number of hydrogen-bond acceptors (Lipinski definition) is 8. The lowest BCUT2D eigenvalue weighted by Gasteiger charge is -2.11. The molecule has 1 N–H and O–H groups in total. The highest BCUT2D eigenvalue weighted by atomic mass is 16.6. The van der Waals surface area contributed by atoms with Gasteiger partial charge in [0.1, 0.15) is 5.75 Å². The number of carbonyl (C=O) groups excluding carboxylic acids is 2. The van der Waals surface area contributed by atoms with Crippen molar-refractivity contribution in [3.05, 3.63) is 93.5 Å².